The third-order valence-electron chi connectivity index (χ3n) is 2.80. The Labute approximate surface area is 122 Å². The zero-order valence-electron chi connectivity index (χ0n) is 11.4. The van der Waals surface area contributed by atoms with Crippen molar-refractivity contribution in [3.63, 3.8) is 0 Å². The first-order valence-corrected chi connectivity index (χ1v) is 6.31. The van der Waals surface area contributed by atoms with Gasteiger partial charge in [0.15, 0.2) is 0 Å². The highest BCUT2D eigenvalue weighted by molar-refractivity contribution is 6.07. The van der Waals surface area contributed by atoms with Gasteiger partial charge < -0.3 is 9.47 Å². The van der Waals surface area contributed by atoms with Crippen molar-refractivity contribution in [2.45, 2.75) is 0 Å². The number of rotatable bonds is 5. The van der Waals surface area contributed by atoms with Gasteiger partial charge in [0.1, 0.15) is 17.9 Å². The topological polar surface area (TPSA) is 52.6 Å². The summed E-state index contributed by atoms with van der Waals surface area (Å²) in [7, 11) is 0. The highest BCUT2D eigenvalue weighted by Gasteiger charge is 2.19. The third-order valence-corrected chi connectivity index (χ3v) is 2.80. The highest BCUT2D eigenvalue weighted by atomic mass is 16.5. The Balaban J connectivity index is 2.56. The van der Waals surface area contributed by atoms with E-state index in [1.165, 1.54) is 6.08 Å². The Morgan fingerprint density at radius 2 is 1.86 bits per heavy atom. The molecule has 0 aliphatic rings. The van der Waals surface area contributed by atoms with Gasteiger partial charge in [-0.3, -0.25) is 0 Å². The number of carbonyl (C=O) groups is 2. The number of hydrogen-bond acceptors (Lipinski definition) is 4. The average molecular weight is 282 g/mol. The van der Waals surface area contributed by atoms with E-state index < -0.39 is 11.9 Å². The second-order valence-corrected chi connectivity index (χ2v) is 4.17. The standard InChI is InChI=1S/C17H14O4/c1-3-11-20-17(19)16-13-8-6-5-7-12(13)9-10-14(16)21-15(18)4-2/h3-10H,1-2,11H2. The molecule has 2 rings (SSSR count). The summed E-state index contributed by atoms with van der Waals surface area (Å²) in [5.74, 6) is -1.06. The minimum absolute atomic E-state index is 0.0803. The third kappa shape index (κ3) is 3.17. The van der Waals surface area contributed by atoms with Gasteiger partial charge in [-0.2, -0.15) is 0 Å². The van der Waals surface area contributed by atoms with E-state index in [4.69, 9.17) is 9.47 Å². The first-order chi connectivity index (χ1) is 10.2. The normalized spacial score (nSPS) is 9.90. The quantitative estimate of drug-likeness (QED) is 0.365. The molecule has 4 heteroatoms. The Hall–Kier alpha value is -2.88. The van der Waals surface area contributed by atoms with Crippen LogP contribution in [0.5, 0.6) is 5.75 Å². The van der Waals surface area contributed by atoms with E-state index >= 15 is 0 Å². The largest absolute Gasteiger partial charge is 0.458 e. The lowest BCUT2D eigenvalue weighted by atomic mass is 10.0. The van der Waals surface area contributed by atoms with Gasteiger partial charge in [0.2, 0.25) is 0 Å². The van der Waals surface area contributed by atoms with Crippen LogP contribution in [0.25, 0.3) is 10.8 Å². The van der Waals surface area contributed by atoms with Crippen LogP contribution in [0.15, 0.2) is 61.7 Å². The summed E-state index contributed by atoms with van der Waals surface area (Å²) in [6.45, 7) is 6.92. The van der Waals surface area contributed by atoms with Crippen molar-refractivity contribution in [1.29, 1.82) is 0 Å². The molecule has 4 nitrogen and oxygen atoms in total. The number of hydrogen-bond donors (Lipinski definition) is 0. The number of carbonyl (C=O) groups excluding carboxylic acids is 2. The van der Waals surface area contributed by atoms with Gasteiger partial charge in [-0.1, -0.05) is 49.6 Å². The molecule has 0 saturated heterocycles. The summed E-state index contributed by atoms with van der Waals surface area (Å²) in [6, 6.07) is 10.6. The fraction of sp³-hybridized carbons (Fsp3) is 0.0588. The highest BCUT2D eigenvalue weighted by Crippen LogP contribution is 2.29. The fourth-order valence-corrected chi connectivity index (χ4v) is 1.90. The van der Waals surface area contributed by atoms with Gasteiger partial charge in [-0.15, -0.1) is 0 Å². The molecule has 0 aliphatic heterocycles. The summed E-state index contributed by atoms with van der Waals surface area (Å²) in [5, 5.41) is 1.50. The Bertz CT molecular complexity index is 716. The summed E-state index contributed by atoms with van der Waals surface area (Å²) in [4.78, 5) is 23.6. The molecule has 0 aromatic heterocycles. The maximum absolute atomic E-state index is 12.2. The van der Waals surface area contributed by atoms with Crippen LogP contribution in [0.1, 0.15) is 10.4 Å². The number of esters is 2. The first-order valence-electron chi connectivity index (χ1n) is 6.31. The van der Waals surface area contributed by atoms with Gasteiger partial charge >= 0.3 is 11.9 Å². The van der Waals surface area contributed by atoms with Crippen molar-refractivity contribution in [2.24, 2.45) is 0 Å². The van der Waals surface area contributed by atoms with E-state index in [0.29, 0.717) is 5.39 Å². The van der Waals surface area contributed by atoms with Crippen molar-refractivity contribution in [3.8, 4) is 5.75 Å². The smallest absolute Gasteiger partial charge is 0.342 e. The summed E-state index contributed by atoms with van der Waals surface area (Å²) in [6.07, 6.45) is 2.51. The second kappa shape index (κ2) is 6.52. The predicted molar refractivity (Wildman–Crippen MR) is 80.3 cm³/mol. The van der Waals surface area contributed by atoms with E-state index in [9.17, 15) is 9.59 Å². The number of fused-ring (bicyclic) bond motifs is 1. The number of benzene rings is 2. The van der Waals surface area contributed by atoms with Crippen LogP contribution < -0.4 is 4.74 Å². The molecule has 0 atom stereocenters. The van der Waals surface area contributed by atoms with Crippen LogP contribution in [0.2, 0.25) is 0 Å². The molecular formula is C17H14O4. The van der Waals surface area contributed by atoms with Crippen molar-refractivity contribution in [2.75, 3.05) is 6.61 Å². The van der Waals surface area contributed by atoms with Gasteiger partial charge in [-0.25, -0.2) is 9.59 Å². The monoisotopic (exact) mass is 282 g/mol. The van der Waals surface area contributed by atoms with Crippen LogP contribution >= 0.6 is 0 Å². The van der Waals surface area contributed by atoms with Crippen LogP contribution in [-0.2, 0) is 9.53 Å². The molecule has 106 valence electrons. The predicted octanol–water partition coefficient (Wildman–Crippen LogP) is 3.27. The number of ether oxygens (including phenoxy) is 2. The van der Waals surface area contributed by atoms with Crippen LogP contribution in [-0.4, -0.2) is 18.5 Å². The second-order valence-electron chi connectivity index (χ2n) is 4.17. The zero-order valence-corrected chi connectivity index (χ0v) is 11.4. The minimum atomic E-state index is -0.636. The van der Waals surface area contributed by atoms with E-state index in [0.717, 1.165) is 11.5 Å². The Kier molecular flexibility index (Phi) is 4.51. The molecule has 0 N–H and O–H groups in total. The van der Waals surface area contributed by atoms with Gasteiger partial charge in [0.25, 0.3) is 0 Å². The molecule has 0 saturated carbocycles. The molecule has 0 radical (unpaired) electrons. The maximum atomic E-state index is 12.2. The van der Waals surface area contributed by atoms with Crippen molar-refractivity contribution < 1.29 is 19.1 Å². The lowest BCUT2D eigenvalue weighted by molar-refractivity contribution is -0.128. The molecule has 2 aromatic rings. The molecule has 0 spiro atoms. The molecule has 0 heterocycles. The lowest BCUT2D eigenvalue weighted by Gasteiger charge is -2.11. The first kappa shape index (κ1) is 14.5. The molecule has 2 aromatic carbocycles. The van der Waals surface area contributed by atoms with E-state index in [1.807, 2.05) is 12.1 Å². The summed E-state index contributed by atoms with van der Waals surface area (Å²) in [5.41, 5.74) is 0.213. The van der Waals surface area contributed by atoms with Crippen LogP contribution in [0, 0.1) is 0 Å². The molecule has 21 heavy (non-hydrogen) atoms. The maximum Gasteiger partial charge on any atom is 0.342 e. The van der Waals surface area contributed by atoms with E-state index in [1.54, 1.807) is 24.3 Å². The Morgan fingerprint density at radius 1 is 1.10 bits per heavy atom. The summed E-state index contributed by atoms with van der Waals surface area (Å²) >= 11 is 0. The van der Waals surface area contributed by atoms with Crippen molar-refractivity contribution >= 4 is 22.7 Å². The van der Waals surface area contributed by atoms with E-state index in [-0.39, 0.29) is 17.9 Å². The van der Waals surface area contributed by atoms with Gasteiger partial charge in [0, 0.05) is 6.08 Å². The Morgan fingerprint density at radius 3 is 2.57 bits per heavy atom. The molecule has 0 bridgehead atoms. The van der Waals surface area contributed by atoms with Crippen molar-refractivity contribution in [1.82, 2.24) is 0 Å². The summed E-state index contributed by atoms with van der Waals surface area (Å²) < 4.78 is 10.2. The molecular weight excluding hydrogens is 268 g/mol. The SMILES string of the molecule is C=CCOC(=O)c1c(OC(=O)C=C)ccc2ccccc12. The molecule has 0 fully saturated rings. The van der Waals surface area contributed by atoms with Crippen LogP contribution in [0.3, 0.4) is 0 Å². The van der Waals surface area contributed by atoms with Crippen LogP contribution in [0.4, 0.5) is 0 Å². The van der Waals surface area contributed by atoms with Crippen molar-refractivity contribution in [3.05, 3.63) is 67.3 Å². The lowest BCUT2D eigenvalue weighted by Crippen LogP contribution is -2.11. The van der Waals surface area contributed by atoms with Gasteiger partial charge in [0.05, 0.1) is 0 Å². The zero-order chi connectivity index (χ0) is 15.2. The minimum Gasteiger partial charge on any atom is -0.458 e. The molecule has 0 amide bonds. The molecule has 0 aliphatic carbocycles. The average Bonchev–Trinajstić information content (AvgIpc) is 2.52. The van der Waals surface area contributed by atoms with E-state index in [2.05, 4.69) is 13.2 Å². The molecule has 0 unspecified atom stereocenters. The van der Waals surface area contributed by atoms with Gasteiger partial charge in [-0.05, 0) is 16.8 Å². The fourth-order valence-electron chi connectivity index (χ4n) is 1.90.